The Balaban J connectivity index is 1.88. The highest BCUT2D eigenvalue weighted by atomic mass is 16.5. The van der Waals surface area contributed by atoms with Crippen LogP contribution < -0.4 is 20.1 Å². The van der Waals surface area contributed by atoms with Crippen molar-refractivity contribution in [2.45, 2.75) is 6.92 Å². The van der Waals surface area contributed by atoms with E-state index in [1.807, 2.05) is 62.5 Å². The summed E-state index contributed by atoms with van der Waals surface area (Å²) in [6, 6.07) is 15.5. The predicted molar refractivity (Wildman–Crippen MR) is 87.2 cm³/mol. The fourth-order valence-electron chi connectivity index (χ4n) is 1.99. The second-order valence-electron chi connectivity index (χ2n) is 4.74. The summed E-state index contributed by atoms with van der Waals surface area (Å²) in [5.41, 5.74) is 7.58. The third kappa shape index (κ3) is 4.31. The van der Waals surface area contributed by atoms with Crippen molar-refractivity contribution in [3.05, 3.63) is 48.5 Å². The smallest absolute Gasteiger partial charge is 0.161 e. The van der Waals surface area contributed by atoms with Gasteiger partial charge in [-0.05, 0) is 43.3 Å². The molecule has 4 heteroatoms. The number of anilines is 2. The fraction of sp³-hybridized carbons (Fsp3) is 0.294. The van der Waals surface area contributed by atoms with E-state index in [1.165, 1.54) is 0 Å². The van der Waals surface area contributed by atoms with E-state index in [0.717, 1.165) is 29.4 Å². The quantitative estimate of drug-likeness (QED) is 0.794. The first-order valence-electron chi connectivity index (χ1n) is 7.12. The zero-order valence-electron chi connectivity index (χ0n) is 12.6. The van der Waals surface area contributed by atoms with Gasteiger partial charge in [0.1, 0.15) is 6.61 Å². The zero-order valence-corrected chi connectivity index (χ0v) is 12.6. The van der Waals surface area contributed by atoms with Crippen LogP contribution in [0.1, 0.15) is 6.92 Å². The molecule has 0 aliphatic heterocycles. The van der Waals surface area contributed by atoms with Gasteiger partial charge in [-0.25, -0.2) is 0 Å². The van der Waals surface area contributed by atoms with Gasteiger partial charge in [-0.15, -0.1) is 0 Å². The van der Waals surface area contributed by atoms with Crippen molar-refractivity contribution in [3.8, 4) is 11.5 Å². The van der Waals surface area contributed by atoms with Gasteiger partial charge in [-0.1, -0.05) is 12.1 Å². The fourth-order valence-corrected chi connectivity index (χ4v) is 1.99. The number of nitrogens with two attached hydrogens (primary N) is 1. The largest absolute Gasteiger partial charge is 0.490 e. The van der Waals surface area contributed by atoms with Gasteiger partial charge in [0.2, 0.25) is 0 Å². The third-order valence-electron chi connectivity index (χ3n) is 3.17. The molecule has 0 unspecified atom stereocenters. The second-order valence-corrected chi connectivity index (χ2v) is 4.74. The molecule has 0 aliphatic rings. The number of ether oxygens (including phenoxy) is 2. The molecule has 0 saturated heterocycles. The van der Waals surface area contributed by atoms with Crippen LogP contribution in [-0.2, 0) is 0 Å². The highest BCUT2D eigenvalue weighted by molar-refractivity contribution is 5.52. The third-order valence-corrected chi connectivity index (χ3v) is 3.17. The molecule has 112 valence electrons. The van der Waals surface area contributed by atoms with Gasteiger partial charge in [0, 0.05) is 18.4 Å². The van der Waals surface area contributed by atoms with E-state index in [1.54, 1.807) is 0 Å². The summed E-state index contributed by atoms with van der Waals surface area (Å²) in [7, 11) is 2.03. The lowest BCUT2D eigenvalue weighted by Gasteiger charge is -2.20. The van der Waals surface area contributed by atoms with Gasteiger partial charge in [0.25, 0.3) is 0 Å². The number of nitrogens with zero attached hydrogens (tertiary/aromatic N) is 1. The SMILES string of the molecule is CCOc1ccccc1OCCN(C)c1ccc(N)cc1. The Morgan fingerprint density at radius 3 is 2.19 bits per heavy atom. The summed E-state index contributed by atoms with van der Waals surface area (Å²) in [5.74, 6) is 1.57. The standard InChI is InChI=1S/C17H22N2O2/c1-3-20-16-6-4-5-7-17(16)21-13-12-19(2)15-10-8-14(18)9-11-15/h4-11H,3,12-13,18H2,1-2H3. The molecule has 0 aliphatic carbocycles. The van der Waals surface area contributed by atoms with Crippen LogP contribution in [0.2, 0.25) is 0 Å². The van der Waals surface area contributed by atoms with E-state index in [9.17, 15) is 0 Å². The summed E-state index contributed by atoms with van der Waals surface area (Å²) < 4.78 is 11.4. The summed E-state index contributed by atoms with van der Waals surface area (Å²) in [6.45, 7) is 3.96. The maximum absolute atomic E-state index is 5.81. The zero-order chi connectivity index (χ0) is 15.1. The highest BCUT2D eigenvalue weighted by Crippen LogP contribution is 2.26. The Labute approximate surface area is 126 Å². The first-order chi connectivity index (χ1) is 10.2. The molecule has 21 heavy (non-hydrogen) atoms. The van der Waals surface area contributed by atoms with E-state index in [2.05, 4.69) is 4.90 Å². The van der Waals surface area contributed by atoms with Crippen LogP contribution >= 0.6 is 0 Å². The summed E-state index contributed by atoms with van der Waals surface area (Å²) >= 11 is 0. The molecule has 0 saturated carbocycles. The van der Waals surface area contributed by atoms with E-state index < -0.39 is 0 Å². The topological polar surface area (TPSA) is 47.7 Å². The number of hydrogen-bond acceptors (Lipinski definition) is 4. The van der Waals surface area contributed by atoms with Crippen molar-refractivity contribution in [2.24, 2.45) is 0 Å². The summed E-state index contributed by atoms with van der Waals surface area (Å²) in [5, 5.41) is 0. The summed E-state index contributed by atoms with van der Waals surface area (Å²) in [6.07, 6.45) is 0. The van der Waals surface area contributed by atoms with Crippen molar-refractivity contribution in [2.75, 3.05) is 37.4 Å². The van der Waals surface area contributed by atoms with Crippen LogP contribution in [0.5, 0.6) is 11.5 Å². The Bertz CT molecular complexity index is 555. The molecule has 4 nitrogen and oxygen atoms in total. The molecule has 0 spiro atoms. The molecule has 2 N–H and O–H groups in total. The minimum atomic E-state index is 0.588. The molecule has 0 fully saturated rings. The molecule has 2 rings (SSSR count). The first kappa shape index (κ1) is 15.0. The molecular weight excluding hydrogens is 264 g/mol. The normalized spacial score (nSPS) is 10.2. The monoisotopic (exact) mass is 286 g/mol. The number of likely N-dealkylation sites (N-methyl/N-ethyl adjacent to an activating group) is 1. The maximum atomic E-state index is 5.81. The number of nitrogen functional groups attached to an aromatic ring is 1. The van der Waals surface area contributed by atoms with E-state index in [4.69, 9.17) is 15.2 Å². The van der Waals surface area contributed by atoms with Crippen molar-refractivity contribution in [1.82, 2.24) is 0 Å². The number of hydrogen-bond donors (Lipinski definition) is 1. The highest BCUT2D eigenvalue weighted by Gasteiger charge is 2.05. The van der Waals surface area contributed by atoms with Gasteiger partial charge < -0.3 is 20.1 Å². The number of para-hydroxylation sites is 2. The van der Waals surface area contributed by atoms with Crippen LogP contribution in [0.15, 0.2) is 48.5 Å². The van der Waals surface area contributed by atoms with Crippen molar-refractivity contribution < 1.29 is 9.47 Å². The van der Waals surface area contributed by atoms with E-state index >= 15 is 0 Å². The molecular formula is C17H22N2O2. The van der Waals surface area contributed by atoms with Crippen LogP contribution in [0.3, 0.4) is 0 Å². The maximum Gasteiger partial charge on any atom is 0.161 e. The molecule has 2 aromatic rings. The van der Waals surface area contributed by atoms with Gasteiger partial charge in [-0.3, -0.25) is 0 Å². The average molecular weight is 286 g/mol. The van der Waals surface area contributed by atoms with Crippen molar-refractivity contribution in [1.29, 1.82) is 0 Å². The Hall–Kier alpha value is -2.36. The number of rotatable bonds is 7. The lowest BCUT2D eigenvalue weighted by molar-refractivity contribution is 0.281. The average Bonchev–Trinajstić information content (AvgIpc) is 2.50. The first-order valence-corrected chi connectivity index (χ1v) is 7.12. The van der Waals surface area contributed by atoms with Gasteiger partial charge in [0.05, 0.1) is 13.2 Å². The van der Waals surface area contributed by atoms with E-state index in [0.29, 0.717) is 13.2 Å². The second kappa shape index (κ2) is 7.43. The Kier molecular flexibility index (Phi) is 5.32. The molecule has 0 bridgehead atoms. The lowest BCUT2D eigenvalue weighted by Crippen LogP contribution is -2.23. The molecule has 0 amide bonds. The van der Waals surface area contributed by atoms with Gasteiger partial charge in [-0.2, -0.15) is 0 Å². The van der Waals surface area contributed by atoms with Crippen molar-refractivity contribution >= 4 is 11.4 Å². The molecule has 0 atom stereocenters. The van der Waals surface area contributed by atoms with Crippen LogP contribution in [0.4, 0.5) is 11.4 Å². The predicted octanol–water partition coefficient (Wildman–Crippen LogP) is 3.18. The van der Waals surface area contributed by atoms with Crippen molar-refractivity contribution in [3.63, 3.8) is 0 Å². The molecule has 2 aromatic carbocycles. The number of benzene rings is 2. The van der Waals surface area contributed by atoms with Crippen LogP contribution in [0, 0.1) is 0 Å². The molecule has 0 radical (unpaired) electrons. The Morgan fingerprint density at radius 1 is 0.952 bits per heavy atom. The summed E-state index contributed by atoms with van der Waals surface area (Å²) in [4.78, 5) is 2.13. The van der Waals surface area contributed by atoms with Crippen LogP contribution in [0.25, 0.3) is 0 Å². The minimum Gasteiger partial charge on any atom is -0.490 e. The Morgan fingerprint density at radius 2 is 1.57 bits per heavy atom. The van der Waals surface area contributed by atoms with Gasteiger partial charge in [0.15, 0.2) is 11.5 Å². The lowest BCUT2D eigenvalue weighted by atomic mass is 10.2. The van der Waals surface area contributed by atoms with Crippen LogP contribution in [-0.4, -0.2) is 26.8 Å². The van der Waals surface area contributed by atoms with Gasteiger partial charge >= 0.3 is 0 Å². The minimum absolute atomic E-state index is 0.588. The molecule has 0 aromatic heterocycles. The molecule has 0 heterocycles. The van der Waals surface area contributed by atoms with E-state index in [-0.39, 0.29) is 0 Å².